The summed E-state index contributed by atoms with van der Waals surface area (Å²) in [4.78, 5) is 27.5. The van der Waals surface area contributed by atoms with Crippen molar-refractivity contribution in [2.75, 3.05) is 12.3 Å². The number of aliphatic hydroxyl groups excluding tert-OH is 2. The van der Waals surface area contributed by atoms with Crippen molar-refractivity contribution in [3.05, 3.63) is 76.0 Å². The van der Waals surface area contributed by atoms with Crippen LogP contribution in [0.1, 0.15) is 133 Å². The van der Waals surface area contributed by atoms with Crippen molar-refractivity contribution >= 4 is 40.8 Å². The third-order valence-corrected chi connectivity index (χ3v) is 15.4. The molecule has 1 aromatic carbocycles. The average Bonchev–Trinajstić information content (AvgIpc) is 3.74. The van der Waals surface area contributed by atoms with E-state index in [1.54, 1.807) is 0 Å². The van der Waals surface area contributed by atoms with Crippen LogP contribution in [0, 0.1) is 28.6 Å². The molecule has 9 atom stereocenters. The number of thiol groups is 1. The molecule has 0 spiro atoms. The SMILES string of the molecule is C=C(C)C1C(=O)c2c3c(cc4c5c(n1c24)C1(C)C(CCC2C(C)(/C=C/C=C(\C)C(=O)NCCS)C(O)CCC21C)C5)C1=CC(C)(C)OC(C)(C)C1C3O. The maximum atomic E-state index is 14.9. The van der Waals surface area contributed by atoms with Crippen LogP contribution in [0.4, 0.5) is 0 Å². The van der Waals surface area contributed by atoms with E-state index in [-0.39, 0.29) is 34.4 Å². The highest BCUT2D eigenvalue weighted by Crippen LogP contribution is 2.71. The van der Waals surface area contributed by atoms with Gasteiger partial charge in [-0.15, -0.1) is 0 Å². The van der Waals surface area contributed by atoms with Gasteiger partial charge in [0, 0.05) is 51.3 Å². The van der Waals surface area contributed by atoms with Crippen LogP contribution in [-0.4, -0.2) is 56.1 Å². The largest absolute Gasteiger partial charge is 0.392 e. The van der Waals surface area contributed by atoms with E-state index in [1.165, 1.54) is 11.3 Å². The van der Waals surface area contributed by atoms with Gasteiger partial charge in [0.1, 0.15) is 6.04 Å². The molecular formula is C45H58N2O5S. The number of fused-ring (bicyclic) bond motifs is 11. The van der Waals surface area contributed by atoms with Gasteiger partial charge in [-0.05, 0) is 120 Å². The number of Topliss-reactive ketones (excluding diaryl/α,β-unsaturated/α-hetero) is 1. The number of hydrogen-bond donors (Lipinski definition) is 4. The lowest BCUT2D eigenvalue weighted by Crippen LogP contribution is -2.62. The molecule has 0 radical (unpaired) electrons. The van der Waals surface area contributed by atoms with E-state index in [4.69, 9.17) is 4.74 Å². The number of nitrogens with zero attached hydrogens (tertiary/aromatic N) is 1. The zero-order valence-corrected chi connectivity index (χ0v) is 33.9. The molecule has 7 nitrogen and oxygen atoms in total. The molecule has 53 heavy (non-hydrogen) atoms. The third-order valence-electron chi connectivity index (χ3n) is 15.2. The van der Waals surface area contributed by atoms with E-state index in [9.17, 15) is 19.8 Å². The molecule has 6 aliphatic rings. The van der Waals surface area contributed by atoms with Crippen molar-refractivity contribution in [1.82, 2.24) is 9.88 Å². The Balaban J connectivity index is 1.30. The summed E-state index contributed by atoms with van der Waals surface area (Å²) in [5.41, 5.74) is 6.39. The minimum absolute atomic E-state index is 0.0328. The van der Waals surface area contributed by atoms with Crippen molar-refractivity contribution in [2.45, 2.75) is 129 Å². The summed E-state index contributed by atoms with van der Waals surface area (Å²) < 4.78 is 8.90. The van der Waals surface area contributed by atoms with Crippen LogP contribution in [0.2, 0.25) is 0 Å². The molecule has 2 fully saturated rings. The van der Waals surface area contributed by atoms with Crippen LogP contribution in [0.15, 0.2) is 48.1 Å². The molecule has 2 aromatic rings. The molecule has 0 saturated heterocycles. The van der Waals surface area contributed by atoms with Crippen LogP contribution in [0.25, 0.3) is 16.5 Å². The van der Waals surface area contributed by atoms with Crippen LogP contribution < -0.4 is 5.32 Å². The molecule has 8 heteroatoms. The minimum Gasteiger partial charge on any atom is -0.392 e. The smallest absolute Gasteiger partial charge is 0.246 e. The predicted molar refractivity (Wildman–Crippen MR) is 214 cm³/mol. The molecule has 2 aliphatic heterocycles. The Bertz CT molecular complexity index is 2080. The van der Waals surface area contributed by atoms with Gasteiger partial charge in [0.05, 0.1) is 34.5 Å². The second kappa shape index (κ2) is 11.8. The molecule has 9 unspecified atom stereocenters. The van der Waals surface area contributed by atoms with Crippen molar-refractivity contribution < 1.29 is 24.5 Å². The zero-order valence-electron chi connectivity index (χ0n) is 33.0. The number of carbonyl (C=O) groups excluding carboxylic acids is 2. The molecule has 8 rings (SSSR count). The summed E-state index contributed by atoms with van der Waals surface area (Å²) in [5.74, 6) is 0.793. The van der Waals surface area contributed by atoms with E-state index in [0.717, 1.165) is 58.9 Å². The van der Waals surface area contributed by atoms with Gasteiger partial charge in [-0.25, -0.2) is 0 Å². The first-order valence-corrected chi connectivity index (χ1v) is 20.4. The number of aromatic nitrogens is 1. The summed E-state index contributed by atoms with van der Waals surface area (Å²) in [6.07, 6.45) is 11.3. The molecule has 4 aliphatic carbocycles. The minimum atomic E-state index is -0.855. The highest BCUT2D eigenvalue weighted by atomic mass is 32.1. The number of ether oxygens (including phenoxy) is 1. The number of amides is 1. The number of carbonyl (C=O) groups is 2. The van der Waals surface area contributed by atoms with Crippen molar-refractivity contribution in [2.24, 2.45) is 28.6 Å². The maximum Gasteiger partial charge on any atom is 0.246 e. The van der Waals surface area contributed by atoms with E-state index in [0.29, 0.717) is 35.8 Å². The fourth-order valence-corrected chi connectivity index (χ4v) is 13.0. The van der Waals surface area contributed by atoms with Crippen LogP contribution in [0.5, 0.6) is 0 Å². The van der Waals surface area contributed by atoms with Gasteiger partial charge in [0.2, 0.25) is 5.91 Å². The molecule has 0 bridgehead atoms. The lowest BCUT2D eigenvalue weighted by molar-refractivity contribution is -0.144. The molecule has 1 amide bonds. The number of benzene rings is 1. The van der Waals surface area contributed by atoms with Gasteiger partial charge >= 0.3 is 0 Å². The summed E-state index contributed by atoms with van der Waals surface area (Å²) >= 11 is 4.21. The van der Waals surface area contributed by atoms with Gasteiger partial charge in [-0.1, -0.05) is 51.2 Å². The Labute approximate surface area is 320 Å². The highest BCUT2D eigenvalue weighted by Gasteiger charge is 2.67. The Morgan fingerprint density at radius 3 is 2.51 bits per heavy atom. The van der Waals surface area contributed by atoms with Gasteiger partial charge in [0.25, 0.3) is 0 Å². The number of hydrogen-bond acceptors (Lipinski definition) is 6. The third kappa shape index (κ3) is 4.77. The van der Waals surface area contributed by atoms with Crippen LogP contribution in [-0.2, 0) is 21.4 Å². The molecule has 284 valence electrons. The first-order valence-electron chi connectivity index (χ1n) is 19.7. The predicted octanol–water partition coefficient (Wildman–Crippen LogP) is 8.14. The van der Waals surface area contributed by atoms with Gasteiger partial charge < -0.3 is 24.8 Å². The van der Waals surface area contributed by atoms with Crippen LogP contribution >= 0.6 is 12.6 Å². The number of nitrogens with one attached hydrogen (secondary N) is 1. The van der Waals surface area contributed by atoms with Crippen molar-refractivity contribution in [3.63, 3.8) is 0 Å². The average molecular weight is 739 g/mol. The number of rotatable bonds is 6. The molecule has 3 N–H and O–H groups in total. The van der Waals surface area contributed by atoms with Gasteiger partial charge in [0.15, 0.2) is 5.78 Å². The van der Waals surface area contributed by atoms with Gasteiger partial charge in [-0.2, -0.15) is 12.6 Å². The van der Waals surface area contributed by atoms with Crippen molar-refractivity contribution in [3.8, 4) is 0 Å². The number of ketones is 1. The molecule has 1 aromatic heterocycles. The normalized spacial score (nSPS) is 37.6. The topological polar surface area (TPSA) is 101 Å². The second-order valence-corrected chi connectivity index (χ2v) is 19.5. The van der Waals surface area contributed by atoms with E-state index >= 15 is 0 Å². The van der Waals surface area contributed by atoms with Gasteiger partial charge in [-0.3, -0.25) is 9.59 Å². The lowest BCUT2D eigenvalue weighted by atomic mass is 9.40. The summed E-state index contributed by atoms with van der Waals surface area (Å²) in [6.45, 7) is 24.1. The zero-order chi connectivity index (χ0) is 38.4. The molecule has 3 heterocycles. The lowest BCUT2D eigenvalue weighted by Gasteiger charge is -2.64. The number of allylic oxidation sites excluding steroid dienone is 3. The van der Waals surface area contributed by atoms with Crippen LogP contribution in [0.3, 0.4) is 0 Å². The monoisotopic (exact) mass is 738 g/mol. The molecule has 2 saturated carbocycles. The Morgan fingerprint density at radius 1 is 1.11 bits per heavy atom. The van der Waals surface area contributed by atoms with E-state index < -0.39 is 34.9 Å². The summed E-state index contributed by atoms with van der Waals surface area (Å²) in [7, 11) is 0. The second-order valence-electron chi connectivity index (χ2n) is 19.0. The quantitative estimate of drug-likeness (QED) is 0.104. The summed E-state index contributed by atoms with van der Waals surface area (Å²) in [5, 5.41) is 28.0. The fourth-order valence-electron chi connectivity index (χ4n) is 12.9. The highest BCUT2D eigenvalue weighted by molar-refractivity contribution is 7.80. The summed E-state index contributed by atoms with van der Waals surface area (Å²) in [6, 6.07) is 1.78. The standard InChI is InChI=1S/C45H58N2O5S/c1-23(2)35-38(50)33-32-26(29-22-41(4,5)52-42(6,7)34(29)37(32)49)21-27-28-20-25-13-14-30-43(8,16-11-12-24(3)40(51)46-18-19-53)31(48)15-17-44(30,9)45(25,10)39(28)47(35)36(27)33/h11-12,16,21-22,25,30-31,34-35,37,48-49,53H,1,13-15,17-20H2,2-10H3,(H,46,51)/b16-11+,24-12+. The first kappa shape index (κ1) is 37.0. The number of aliphatic hydroxyl groups is 2. The van der Waals surface area contributed by atoms with E-state index in [1.807, 2.05) is 26.0 Å². The molecular weight excluding hydrogens is 681 g/mol. The Morgan fingerprint density at radius 2 is 1.83 bits per heavy atom. The Hall–Kier alpha value is -2.91. The Kier molecular flexibility index (Phi) is 8.25. The maximum absolute atomic E-state index is 14.9. The first-order chi connectivity index (χ1) is 24.7. The van der Waals surface area contributed by atoms with Crippen molar-refractivity contribution in [1.29, 1.82) is 0 Å². The van der Waals surface area contributed by atoms with E-state index in [2.05, 4.69) is 95.8 Å². The fraction of sp³-hybridized carbons (Fsp3) is 0.600.